The molecular weight excluding hydrogens is 230 g/mol. The van der Waals surface area contributed by atoms with E-state index in [1.54, 1.807) is 19.0 Å². The Bertz CT molecular complexity index is 280. The molecule has 0 aliphatic heterocycles. The van der Waals surface area contributed by atoms with E-state index in [-0.39, 0.29) is 17.7 Å². The minimum absolute atomic E-state index is 0.0331. The molecule has 0 heterocycles. The summed E-state index contributed by atoms with van der Waals surface area (Å²) in [6.45, 7) is 6.52. The monoisotopic (exact) mass is 257 g/mol. The van der Waals surface area contributed by atoms with Gasteiger partial charge in [-0.15, -0.1) is 0 Å². The molecule has 1 atom stereocenters. The molecule has 0 aromatic rings. The van der Waals surface area contributed by atoms with E-state index in [2.05, 4.69) is 5.32 Å². The highest BCUT2D eigenvalue weighted by atomic mass is 16.2. The largest absolute Gasteiger partial charge is 0.359 e. The first-order valence-corrected chi connectivity index (χ1v) is 6.55. The van der Waals surface area contributed by atoms with E-state index >= 15 is 0 Å². The Balaban J connectivity index is 4.73. The van der Waals surface area contributed by atoms with Crippen LogP contribution in [0.3, 0.4) is 0 Å². The van der Waals surface area contributed by atoms with Gasteiger partial charge in [-0.05, 0) is 12.8 Å². The van der Waals surface area contributed by atoms with Gasteiger partial charge in [0.05, 0.1) is 11.3 Å². The Morgan fingerprint density at radius 1 is 1.33 bits per heavy atom. The lowest BCUT2D eigenvalue weighted by Gasteiger charge is -2.34. The van der Waals surface area contributed by atoms with Crippen LogP contribution in [0.5, 0.6) is 0 Å². The molecule has 0 aromatic heterocycles. The summed E-state index contributed by atoms with van der Waals surface area (Å²) in [4.78, 5) is 25.5. The van der Waals surface area contributed by atoms with E-state index in [0.717, 1.165) is 12.8 Å². The average molecular weight is 257 g/mol. The number of hydrogen-bond donors (Lipinski definition) is 2. The minimum atomic E-state index is -0.489. The number of nitrogens with two attached hydrogens (primary N) is 1. The molecule has 0 saturated heterocycles. The van der Waals surface area contributed by atoms with E-state index < -0.39 is 5.41 Å². The van der Waals surface area contributed by atoms with Crippen molar-refractivity contribution in [3.63, 3.8) is 0 Å². The number of rotatable bonds is 7. The Labute approximate surface area is 110 Å². The number of hydrogen-bond acceptors (Lipinski definition) is 3. The van der Waals surface area contributed by atoms with Crippen LogP contribution >= 0.6 is 0 Å². The Kier molecular flexibility index (Phi) is 6.91. The standard InChI is InChI=1S/C13H27N3O2/c1-6-13(7-2,9-14)12(18)16(5)8-10(3)11(17)15-4/h10H,6-9,14H2,1-5H3,(H,15,17). The Morgan fingerprint density at radius 2 is 1.83 bits per heavy atom. The molecule has 0 fully saturated rings. The van der Waals surface area contributed by atoms with E-state index in [0.29, 0.717) is 13.1 Å². The number of nitrogens with zero attached hydrogens (tertiary/aromatic N) is 1. The molecule has 18 heavy (non-hydrogen) atoms. The van der Waals surface area contributed by atoms with Gasteiger partial charge in [-0.1, -0.05) is 20.8 Å². The van der Waals surface area contributed by atoms with Crippen molar-refractivity contribution in [3.05, 3.63) is 0 Å². The Hall–Kier alpha value is -1.10. The zero-order valence-electron chi connectivity index (χ0n) is 12.2. The molecule has 0 bridgehead atoms. The van der Waals surface area contributed by atoms with Crippen LogP contribution in [0, 0.1) is 11.3 Å². The minimum Gasteiger partial charge on any atom is -0.359 e. The van der Waals surface area contributed by atoms with Crippen LogP contribution in [0.1, 0.15) is 33.6 Å². The van der Waals surface area contributed by atoms with Gasteiger partial charge in [0.15, 0.2) is 0 Å². The third-order valence-electron chi connectivity index (χ3n) is 3.79. The quantitative estimate of drug-likeness (QED) is 0.701. The summed E-state index contributed by atoms with van der Waals surface area (Å²) in [7, 11) is 3.33. The number of amides is 2. The fraction of sp³-hybridized carbons (Fsp3) is 0.846. The lowest BCUT2D eigenvalue weighted by Crippen LogP contribution is -2.48. The normalized spacial score (nSPS) is 13.0. The average Bonchev–Trinajstić information content (AvgIpc) is 2.39. The number of carbonyl (C=O) groups excluding carboxylic acids is 2. The summed E-state index contributed by atoms with van der Waals surface area (Å²) in [5.74, 6) is -0.236. The van der Waals surface area contributed by atoms with Crippen molar-refractivity contribution in [1.82, 2.24) is 10.2 Å². The predicted molar refractivity (Wildman–Crippen MR) is 72.9 cm³/mol. The molecule has 5 heteroatoms. The van der Waals surface area contributed by atoms with Crippen LogP contribution in [0.15, 0.2) is 0 Å². The van der Waals surface area contributed by atoms with Gasteiger partial charge in [0.1, 0.15) is 0 Å². The summed E-state index contributed by atoms with van der Waals surface area (Å²) < 4.78 is 0. The third kappa shape index (κ3) is 3.70. The van der Waals surface area contributed by atoms with Crippen molar-refractivity contribution in [2.24, 2.45) is 17.1 Å². The van der Waals surface area contributed by atoms with E-state index in [1.807, 2.05) is 20.8 Å². The first-order chi connectivity index (χ1) is 8.38. The smallest absolute Gasteiger partial charge is 0.229 e. The van der Waals surface area contributed by atoms with E-state index in [9.17, 15) is 9.59 Å². The molecule has 0 saturated carbocycles. The third-order valence-corrected chi connectivity index (χ3v) is 3.79. The molecule has 0 radical (unpaired) electrons. The van der Waals surface area contributed by atoms with Gasteiger partial charge in [0.25, 0.3) is 0 Å². The highest BCUT2D eigenvalue weighted by molar-refractivity contribution is 5.84. The van der Waals surface area contributed by atoms with Gasteiger partial charge in [0.2, 0.25) is 11.8 Å². The molecule has 1 unspecified atom stereocenters. The van der Waals surface area contributed by atoms with Crippen LogP contribution in [0.4, 0.5) is 0 Å². The van der Waals surface area contributed by atoms with Gasteiger partial charge in [-0.25, -0.2) is 0 Å². The molecule has 0 rings (SSSR count). The molecule has 0 aliphatic rings. The van der Waals surface area contributed by atoms with Gasteiger partial charge in [-0.3, -0.25) is 9.59 Å². The highest BCUT2D eigenvalue weighted by Gasteiger charge is 2.36. The number of nitrogens with one attached hydrogen (secondary N) is 1. The molecule has 0 aromatic carbocycles. The van der Waals surface area contributed by atoms with Crippen molar-refractivity contribution in [3.8, 4) is 0 Å². The van der Waals surface area contributed by atoms with Crippen LogP contribution < -0.4 is 11.1 Å². The molecule has 3 N–H and O–H groups in total. The molecule has 0 aliphatic carbocycles. The maximum absolute atomic E-state index is 12.4. The highest BCUT2D eigenvalue weighted by Crippen LogP contribution is 2.27. The zero-order valence-corrected chi connectivity index (χ0v) is 12.2. The van der Waals surface area contributed by atoms with Crippen molar-refractivity contribution < 1.29 is 9.59 Å². The lowest BCUT2D eigenvalue weighted by molar-refractivity contribution is -0.142. The van der Waals surface area contributed by atoms with Gasteiger partial charge in [0, 0.05) is 27.2 Å². The SMILES string of the molecule is CCC(CC)(CN)C(=O)N(C)CC(C)C(=O)NC. The van der Waals surface area contributed by atoms with Gasteiger partial charge in [-0.2, -0.15) is 0 Å². The summed E-state index contributed by atoms with van der Waals surface area (Å²) in [6.07, 6.45) is 1.44. The lowest BCUT2D eigenvalue weighted by atomic mass is 9.81. The maximum Gasteiger partial charge on any atom is 0.229 e. The summed E-state index contributed by atoms with van der Waals surface area (Å²) in [5.41, 5.74) is 5.27. The van der Waals surface area contributed by atoms with Crippen LogP contribution in [-0.4, -0.2) is 43.9 Å². The molecular formula is C13H27N3O2. The van der Waals surface area contributed by atoms with Crippen molar-refractivity contribution >= 4 is 11.8 Å². The summed E-state index contributed by atoms with van der Waals surface area (Å²) >= 11 is 0. The number of carbonyl (C=O) groups is 2. The van der Waals surface area contributed by atoms with Gasteiger partial charge >= 0.3 is 0 Å². The summed E-state index contributed by atoms with van der Waals surface area (Å²) in [5, 5.41) is 2.59. The Morgan fingerprint density at radius 3 is 2.17 bits per heavy atom. The molecule has 0 spiro atoms. The predicted octanol–water partition coefficient (Wildman–Crippen LogP) is 0.592. The van der Waals surface area contributed by atoms with Crippen LogP contribution in [-0.2, 0) is 9.59 Å². The molecule has 5 nitrogen and oxygen atoms in total. The van der Waals surface area contributed by atoms with E-state index in [1.165, 1.54) is 0 Å². The van der Waals surface area contributed by atoms with Crippen LogP contribution in [0.25, 0.3) is 0 Å². The first-order valence-electron chi connectivity index (χ1n) is 6.55. The topological polar surface area (TPSA) is 75.4 Å². The van der Waals surface area contributed by atoms with Crippen molar-refractivity contribution in [2.75, 3.05) is 27.2 Å². The van der Waals surface area contributed by atoms with E-state index in [4.69, 9.17) is 5.73 Å². The van der Waals surface area contributed by atoms with Crippen molar-refractivity contribution in [2.45, 2.75) is 33.6 Å². The maximum atomic E-state index is 12.4. The van der Waals surface area contributed by atoms with Gasteiger partial charge < -0.3 is 16.0 Å². The van der Waals surface area contributed by atoms with Crippen LogP contribution in [0.2, 0.25) is 0 Å². The first kappa shape index (κ1) is 16.9. The second-order valence-corrected chi connectivity index (χ2v) is 4.89. The fourth-order valence-corrected chi connectivity index (χ4v) is 2.16. The van der Waals surface area contributed by atoms with Crippen molar-refractivity contribution in [1.29, 1.82) is 0 Å². The molecule has 106 valence electrons. The second kappa shape index (κ2) is 7.36. The second-order valence-electron chi connectivity index (χ2n) is 4.89. The molecule has 2 amide bonds. The zero-order chi connectivity index (χ0) is 14.3. The summed E-state index contributed by atoms with van der Waals surface area (Å²) in [6, 6.07) is 0. The fourth-order valence-electron chi connectivity index (χ4n) is 2.16.